The quantitative estimate of drug-likeness (QED) is 0.676. The van der Waals surface area contributed by atoms with Gasteiger partial charge in [-0.15, -0.1) is 0 Å². The molecule has 4 nitrogen and oxygen atoms in total. The molecule has 0 rings (SSSR count). The molecule has 0 heterocycles. The van der Waals surface area contributed by atoms with Crippen LogP contribution in [0.1, 0.15) is 26.7 Å². The maximum Gasteiger partial charge on any atom is 0.150 e. The molecule has 0 aliphatic rings. The smallest absolute Gasteiger partial charge is 0.150 e. The highest BCUT2D eigenvalue weighted by atomic mass is 32.2. The van der Waals surface area contributed by atoms with Gasteiger partial charge < -0.3 is 5.11 Å². The highest BCUT2D eigenvalue weighted by Crippen LogP contribution is 2.11. The number of carbonyl (C=O) groups excluding carboxylic acids is 1. The topological polar surface area (TPSA) is 71.4 Å². The van der Waals surface area contributed by atoms with Gasteiger partial charge >= 0.3 is 0 Å². The molecule has 1 unspecified atom stereocenters. The van der Waals surface area contributed by atoms with Gasteiger partial charge in [-0.25, -0.2) is 8.42 Å². The van der Waals surface area contributed by atoms with Crippen LogP contribution in [0.2, 0.25) is 0 Å². The minimum Gasteiger partial charge on any atom is -0.396 e. The molecule has 0 saturated carbocycles. The number of carbonyl (C=O) groups is 1. The summed E-state index contributed by atoms with van der Waals surface area (Å²) < 4.78 is 22.3. The zero-order valence-corrected chi connectivity index (χ0v) is 9.51. The minimum atomic E-state index is -3.00. The molecule has 0 amide bonds. The van der Waals surface area contributed by atoms with Crippen molar-refractivity contribution in [2.24, 2.45) is 5.92 Å². The van der Waals surface area contributed by atoms with E-state index in [1.165, 1.54) is 6.92 Å². The van der Waals surface area contributed by atoms with Gasteiger partial charge in [-0.2, -0.15) is 0 Å². The molecule has 14 heavy (non-hydrogen) atoms. The van der Waals surface area contributed by atoms with Gasteiger partial charge in [0.15, 0.2) is 0 Å². The Balaban J connectivity index is 4.13. The van der Waals surface area contributed by atoms with E-state index in [9.17, 15) is 13.2 Å². The van der Waals surface area contributed by atoms with Crippen LogP contribution >= 0.6 is 0 Å². The summed E-state index contributed by atoms with van der Waals surface area (Å²) in [5, 5.41) is 8.67. The van der Waals surface area contributed by atoms with Gasteiger partial charge in [-0.3, -0.25) is 4.79 Å². The van der Waals surface area contributed by atoms with E-state index in [1.54, 1.807) is 6.92 Å². The van der Waals surface area contributed by atoms with Gasteiger partial charge in [0.1, 0.15) is 15.6 Å². The number of hydrogen-bond acceptors (Lipinski definition) is 4. The molecule has 0 aliphatic carbocycles. The van der Waals surface area contributed by atoms with Crippen LogP contribution in [0.25, 0.3) is 0 Å². The molecule has 1 N–H and O–H groups in total. The van der Waals surface area contributed by atoms with E-state index in [0.29, 0.717) is 12.8 Å². The largest absolute Gasteiger partial charge is 0.396 e. The Kier molecular flexibility index (Phi) is 5.95. The van der Waals surface area contributed by atoms with Crippen molar-refractivity contribution < 1.29 is 18.3 Å². The van der Waals surface area contributed by atoms with Crippen LogP contribution in [0.4, 0.5) is 0 Å². The number of Topliss-reactive ketones (excluding diaryl/α,β-unsaturated/α-hetero) is 1. The van der Waals surface area contributed by atoms with E-state index in [2.05, 4.69) is 0 Å². The maximum absolute atomic E-state index is 11.2. The van der Waals surface area contributed by atoms with E-state index in [0.717, 1.165) is 0 Å². The van der Waals surface area contributed by atoms with Crippen LogP contribution in [0.15, 0.2) is 0 Å². The molecule has 0 aromatic rings. The predicted octanol–water partition coefficient (Wildman–Crippen LogP) is 0.399. The lowest BCUT2D eigenvalue weighted by Crippen LogP contribution is -2.18. The first kappa shape index (κ1) is 13.6. The summed E-state index contributed by atoms with van der Waals surface area (Å²) in [5.74, 6) is -0.225. The first-order valence-electron chi connectivity index (χ1n) is 4.74. The lowest BCUT2D eigenvalue weighted by Gasteiger charge is -2.11. The van der Waals surface area contributed by atoms with E-state index in [1.807, 2.05) is 0 Å². The lowest BCUT2D eigenvalue weighted by molar-refractivity contribution is -0.121. The average Bonchev–Trinajstić information content (AvgIpc) is 2.12. The van der Waals surface area contributed by atoms with Gasteiger partial charge in [-0.1, -0.05) is 6.92 Å². The molecule has 0 aromatic heterocycles. The third-order valence-electron chi connectivity index (χ3n) is 2.27. The van der Waals surface area contributed by atoms with Crippen LogP contribution in [-0.2, 0) is 14.6 Å². The fraction of sp³-hybridized carbons (Fsp3) is 0.889. The summed E-state index contributed by atoms with van der Waals surface area (Å²) in [6, 6.07) is 0. The normalized spacial score (nSPS) is 13.9. The molecule has 0 saturated heterocycles. The number of aliphatic hydroxyl groups excluding tert-OH is 1. The van der Waals surface area contributed by atoms with Crippen LogP contribution in [-0.4, -0.2) is 37.4 Å². The zero-order chi connectivity index (χ0) is 11.2. The third kappa shape index (κ3) is 5.34. The molecule has 0 aromatic carbocycles. The highest BCUT2D eigenvalue weighted by molar-refractivity contribution is 7.91. The Morgan fingerprint density at radius 2 is 1.93 bits per heavy atom. The van der Waals surface area contributed by atoms with Crippen molar-refractivity contribution in [2.75, 3.05) is 18.1 Å². The van der Waals surface area contributed by atoms with Crippen molar-refractivity contribution in [1.29, 1.82) is 0 Å². The highest BCUT2D eigenvalue weighted by Gasteiger charge is 2.17. The SMILES string of the molecule is CCS(=O)(=O)CCC(CCO)C(C)=O. The average molecular weight is 222 g/mol. The number of ketones is 1. The van der Waals surface area contributed by atoms with E-state index < -0.39 is 9.84 Å². The standard InChI is InChI=1S/C9H18O4S/c1-3-14(12,13)7-5-9(4-6-10)8(2)11/h9-10H,3-7H2,1-2H3. The molecular weight excluding hydrogens is 204 g/mol. The molecule has 5 heteroatoms. The number of hydrogen-bond donors (Lipinski definition) is 1. The van der Waals surface area contributed by atoms with Crippen molar-refractivity contribution in [3.8, 4) is 0 Å². The number of rotatable bonds is 7. The van der Waals surface area contributed by atoms with Gasteiger partial charge in [0.05, 0.1) is 5.75 Å². The van der Waals surface area contributed by atoms with Crippen molar-refractivity contribution in [2.45, 2.75) is 26.7 Å². The fourth-order valence-electron chi connectivity index (χ4n) is 1.17. The Morgan fingerprint density at radius 1 is 1.36 bits per heavy atom. The second-order valence-corrected chi connectivity index (χ2v) is 5.82. The second kappa shape index (κ2) is 6.14. The molecule has 0 spiro atoms. The van der Waals surface area contributed by atoms with Gasteiger partial charge in [0.25, 0.3) is 0 Å². The van der Waals surface area contributed by atoms with Gasteiger partial charge in [0, 0.05) is 18.3 Å². The summed E-state index contributed by atoms with van der Waals surface area (Å²) >= 11 is 0. The Hall–Kier alpha value is -0.420. The number of sulfone groups is 1. The van der Waals surface area contributed by atoms with Crippen LogP contribution in [0, 0.1) is 5.92 Å². The maximum atomic E-state index is 11.2. The summed E-state index contributed by atoms with van der Waals surface area (Å²) in [6.45, 7) is 2.94. The number of aliphatic hydroxyl groups is 1. The predicted molar refractivity (Wildman–Crippen MR) is 54.8 cm³/mol. The summed E-state index contributed by atoms with van der Waals surface area (Å²) in [6.07, 6.45) is 0.681. The molecular formula is C9H18O4S. The van der Waals surface area contributed by atoms with E-state index in [-0.39, 0.29) is 29.8 Å². The van der Waals surface area contributed by atoms with Crippen molar-refractivity contribution in [3.05, 3.63) is 0 Å². The van der Waals surface area contributed by atoms with Gasteiger partial charge in [-0.05, 0) is 19.8 Å². The molecule has 0 aliphatic heterocycles. The second-order valence-electron chi connectivity index (χ2n) is 3.34. The fourth-order valence-corrected chi connectivity index (χ4v) is 2.11. The first-order valence-corrected chi connectivity index (χ1v) is 6.56. The van der Waals surface area contributed by atoms with Crippen LogP contribution in [0.3, 0.4) is 0 Å². The van der Waals surface area contributed by atoms with E-state index >= 15 is 0 Å². The van der Waals surface area contributed by atoms with Crippen molar-refractivity contribution >= 4 is 15.6 Å². The first-order chi connectivity index (χ1) is 6.43. The third-order valence-corrected chi connectivity index (χ3v) is 4.01. The molecule has 0 fully saturated rings. The minimum absolute atomic E-state index is 0.0355. The van der Waals surface area contributed by atoms with Gasteiger partial charge in [0.2, 0.25) is 0 Å². The van der Waals surface area contributed by atoms with Crippen molar-refractivity contribution in [3.63, 3.8) is 0 Å². The van der Waals surface area contributed by atoms with Crippen LogP contribution in [0.5, 0.6) is 0 Å². The van der Waals surface area contributed by atoms with Crippen molar-refractivity contribution in [1.82, 2.24) is 0 Å². The Morgan fingerprint density at radius 3 is 2.29 bits per heavy atom. The summed E-state index contributed by atoms with van der Waals surface area (Å²) in [4.78, 5) is 11.0. The molecule has 1 atom stereocenters. The monoisotopic (exact) mass is 222 g/mol. The Labute approximate surface area is 85.2 Å². The zero-order valence-electron chi connectivity index (χ0n) is 8.69. The molecule has 84 valence electrons. The van der Waals surface area contributed by atoms with E-state index in [4.69, 9.17) is 5.11 Å². The molecule has 0 bridgehead atoms. The Bertz CT molecular complexity index is 269. The summed E-state index contributed by atoms with van der Waals surface area (Å²) in [5.41, 5.74) is 0. The van der Waals surface area contributed by atoms with Crippen LogP contribution < -0.4 is 0 Å². The molecule has 0 radical (unpaired) electrons. The summed E-state index contributed by atoms with van der Waals surface area (Å²) in [7, 11) is -3.00. The lowest BCUT2D eigenvalue weighted by atomic mass is 9.99.